The van der Waals surface area contributed by atoms with Crippen molar-refractivity contribution >= 4 is 22.6 Å². The summed E-state index contributed by atoms with van der Waals surface area (Å²) >= 11 is 0. The molecule has 0 bridgehead atoms. The number of pyridine rings is 2. The summed E-state index contributed by atoms with van der Waals surface area (Å²) in [4.78, 5) is 24.4. The van der Waals surface area contributed by atoms with Crippen LogP contribution in [0.4, 0.5) is 5.82 Å². The molecule has 5 rings (SSSR count). The van der Waals surface area contributed by atoms with Crippen molar-refractivity contribution in [2.45, 2.75) is 58.4 Å². The molecule has 0 saturated heterocycles. The number of nitrogen functional groups attached to an aromatic ring is 1. The second-order valence-electron chi connectivity index (χ2n) is 8.56. The number of nitrogens with two attached hydrogens (primary N) is 1. The minimum absolute atomic E-state index is 0.00976. The van der Waals surface area contributed by atoms with Gasteiger partial charge in [-0.2, -0.15) is 0 Å². The fraction of sp³-hybridized carbons (Fsp3) is 0.375. The molecule has 1 saturated carbocycles. The Labute approximate surface area is 176 Å². The molecular weight excluding hydrogens is 376 g/mol. The maximum Gasteiger partial charge on any atom is 0.254 e. The first-order valence-corrected chi connectivity index (χ1v) is 10.6. The normalized spacial score (nSPS) is 15.6. The van der Waals surface area contributed by atoms with Crippen molar-refractivity contribution < 1.29 is 9.53 Å². The summed E-state index contributed by atoms with van der Waals surface area (Å²) in [6.45, 7) is 5.53. The lowest BCUT2D eigenvalue weighted by Crippen LogP contribution is -2.36. The molecule has 6 heteroatoms. The minimum Gasteiger partial charge on any atom is -0.383 e. The van der Waals surface area contributed by atoms with Crippen LogP contribution in [0.5, 0.6) is 0 Å². The molecule has 1 fully saturated rings. The van der Waals surface area contributed by atoms with E-state index in [4.69, 9.17) is 10.5 Å². The van der Waals surface area contributed by atoms with E-state index in [1.54, 1.807) is 0 Å². The van der Waals surface area contributed by atoms with Gasteiger partial charge in [-0.1, -0.05) is 6.07 Å². The Kier molecular flexibility index (Phi) is 4.66. The quantitative estimate of drug-likeness (QED) is 0.693. The third kappa shape index (κ3) is 3.41. The zero-order valence-electron chi connectivity index (χ0n) is 17.4. The lowest BCUT2D eigenvalue weighted by molar-refractivity contribution is 0.0688. The zero-order valence-corrected chi connectivity index (χ0v) is 17.4. The Balaban J connectivity index is 1.44. The Bertz CT molecular complexity index is 1120. The first-order chi connectivity index (χ1) is 14.5. The molecule has 0 radical (unpaired) electrons. The van der Waals surface area contributed by atoms with Crippen molar-refractivity contribution in [2.75, 3.05) is 5.73 Å². The van der Waals surface area contributed by atoms with Crippen LogP contribution < -0.4 is 5.73 Å². The van der Waals surface area contributed by atoms with E-state index >= 15 is 0 Å². The molecule has 0 spiro atoms. The summed E-state index contributed by atoms with van der Waals surface area (Å²) in [6.07, 6.45) is 4.48. The molecule has 3 heterocycles. The Morgan fingerprint density at radius 1 is 1.20 bits per heavy atom. The van der Waals surface area contributed by atoms with Gasteiger partial charge in [-0.25, -0.2) is 4.98 Å². The summed E-state index contributed by atoms with van der Waals surface area (Å²) < 4.78 is 5.58. The number of fused-ring (bicyclic) bond motifs is 3. The molecule has 1 aromatic carbocycles. The fourth-order valence-electron chi connectivity index (χ4n) is 4.12. The minimum atomic E-state index is -0.00976. The van der Waals surface area contributed by atoms with Crippen LogP contribution in [0, 0.1) is 0 Å². The van der Waals surface area contributed by atoms with Gasteiger partial charge in [-0.3, -0.25) is 9.78 Å². The highest BCUT2D eigenvalue weighted by Gasteiger charge is 2.25. The van der Waals surface area contributed by atoms with Gasteiger partial charge in [0.1, 0.15) is 5.82 Å². The second-order valence-corrected chi connectivity index (χ2v) is 8.56. The van der Waals surface area contributed by atoms with Crippen LogP contribution in [0.3, 0.4) is 0 Å². The number of carbonyl (C=O) groups is 1. The summed E-state index contributed by atoms with van der Waals surface area (Å²) in [7, 11) is 0. The smallest absolute Gasteiger partial charge is 0.254 e. The van der Waals surface area contributed by atoms with Crippen LogP contribution in [0.2, 0.25) is 0 Å². The molecule has 2 aliphatic rings. The van der Waals surface area contributed by atoms with Crippen LogP contribution in [0.1, 0.15) is 65.3 Å². The molecule has 30 heavy (non-hydrogen) atoms. The fourth-order valence-corrected chi connectivity index (χ4v) is 4.12. The first kappa shape index (κ1) is 19.0. The topological polar surface area (TPSA) is 81.3 Å². The third-order valence-electron chi connectivity index (χ3n) is 6.09. The lowest BCUT2D eigenvalue weighted by atomic mass is 10.0. The van der Waals surface area contributed by atoms with E-state index in [0.717, 1.165) is 27.7 Å². The van der Waals surface area contributed by atoms with Crippen LogP contribution in [0.15, 0.2) is 36.5 Å². The average molecular weight is 402 g/mol. The van der Waals surface area contributed by atoms with E-state index in [-0.39, 0.29) is 11.9 Å². The van der Waals surface area contributed by atoms with E-state index in [9.17, 15) is 4.79 Å². The summed E-state index contributed by atoms with van der Waals surface area (Å²) in [5.41, 5.74) is 11.7. The van der Waals surface area contributed by atoms with Crippen molar-refractivity contribution in [1.82, 2.24) is 14.9 Å². The molecule has 3 aromatic rings. The molecular formula is C24H26N4O2. The highest BCUT2D eigenvalue weighted by Crippen LogP contribution is 2.39. The molecule has 6 nitrogen and oxygen atoms in total. The van der Waals surface area contributed by atoms with Crippen molar-refractivity contribution in [3.63, 3.8) is 0 Å². The van der Waals surface area contributed by atoms with Gasteiger partial charge < -0.3 is 15.4 Å². The number of hydrogen-bond acceptors (Lipinski definition) is 5. The number of aromatic nitrogens is 2. The van der Waals surface area contributed by atoms with Gasteiger partial charge in [0.2, 0.25) is 0 Å². The van der Waals surface area contributed by atoms with Crippen LogP contribution in [-0.4, -0.2) is 26.8 Å². The summed E-state index contributed by atoms with van der Waals surface area (Å²) in [5.74, 6) is 1.18. The lowest BCUT2D eigenvalue weighted by Gasteiger charge is -2.27. The van der Waals surface area contributed by atoms with Gasteiger partial charge in [0.05, 0.1) is 31.0 Å². The molecule has 154 valence electrons. The summed E-state index contributed by atoms with van der Waals surface area (Å²) in [6, 6.07) is 9.89. The monoisotopic (exact) mass is 402 g/mol. The van der Waals surface area contributed by atoms with Crippen molar-refractivity contribution in [3.8, 4) is 0 Å². The van der Waals surface area contributed by atoms with Crippen LogP contribution in [-0.2, 0) is 24.5 Å². The van der Waals surface area contributed by atoms with E-state index in [2.05, 4.69) is 16.0 Å². The summed E-state index contributed by atoms with van der Waals surface area (Å²) in [5, 5.41) is 0.943. The van der Waals surface area contributed by atoms with Crippen molar-refractivity contribution in [3.05, 3.63) is 64.5 Å². The second kappa shape index (κ2) is 7.36. The van der Waals surface area contributed by atoms with Crippen molar-refractivity contribution in [1.29, 1.82) is 0 Å². The molecule has 2 N–H and O–H groups in total. The van der Waals surface area contributed by atoms with E-state index in [1.807, 2.05) is 49.2 Å². The van der Waals surface area contributed by atoms with Crippen LogP contribution >= 0.6 is 0 Å². The Hall–Kier alpha value is -2.99. The zero-order chi connectivity index (χ0) is 20.8. The molecule has 1 aliphatic heterocycles. The third-order valence-corrected chi connectivity index (χ3v) is 6.09. The van der Waals surface area contributed by atoms with Gasteiger partial charge in [-0.05, 0) is 68.0 Å². The van der Waals surface area contributed by atoms with E-state index in [1.165, 1.54) is 18.4 Å². The number of ether oxygens (including phenoxy) is 1. The Morgan fingerprint density at radius 2 is 2.00 bits per heavy atom. The SMILES string of the molecule is CC(C)N(Cc1ccc(C2CC2)cn1)C(=O)c1ccc2nc(N)c3c(c2c1)COC3. The number of benzene rings is 1. The number of anilines is 1. The largest absolute Gasteiger partial charge is 0.383 e. The maximum absolute atomic E-state index is 13.4. The number of carbonyl (C=O) groups excluding carboxylic acids is 1. The van der Waals surface area contributed by atoms with Crippen molar-refractivity contribution in [2.24, 2.45) is 0 Å². The van der Waals surface area contributed by atoms with Gasteiger partial charge >= 0.3 is 0 Å². The van der Waals surface area contributed by atoms with Gasteiger partial charge in [0.15, 0.2) is 0 Å². The van der Waals surface area contributed by atoms with Gasteiger partial charge in [0.25, 0.3) is 5.91 Å². The van der Waals surface area contributed by atoms with E-state index in [0.29, 0.717) is 37.1 Å². The maximum atomic E-state index is 13.4. The first-order valence-electron chi connectivity index (χ1n) is 10.6. The molecule has 1 aliphatic carbocycles. The predicted octanol–water partition coefficient (Wildman–Crippen LogP) is 4.17. The number of nitrogens with zero attached hydrogens (tertiary/aromatic N) is 3. The standard InChI is InChI=1S/C24H26N4O2/c1-14(2)28(11-18-7-5-17(10-26-18)15-3-4-15)24(29)16-6-8-22-19(9-16)20-12-30-13-21(20)23(25)27-22/h5-10,14-15H,3-4,11-13H2,1-2H3,(H2,25,27). The average Bonchev–Trinajstić information content (AvgIpc) is 3.47. The van der Waals surface area contributed by atoms with Gasteiger partial charge in [0, 0.05) is 28.8 Å². The van der Waals surface area contributed by atoms with E-state index < -0.39 is 0 Å². The number of amides is 1. The molecule has 0 unspecified atom stereocenters. The molecule has 2 aromatic heterocycles. The van der Waals surface area contributed by atoms with Crippen LogP contribution in [0.25, 0.3) is 10.9 Å². The molecule has 1 amide bonds. The predicted molar refractivity (Wildman–Crippen MR) is 116 cm³/mol. The highest BCUT2D eigenvalue weighted by atomic mass is 16.5. The molecule has 0 atom stereocenters. The number of hydrogen-bond donors (Lipinski definition) is 1. The van der Waals surface area contributed by atoms with Gasteiger partial charge in [-0.15, -0.1) is 0 Å². The number of rotatable bonds is 5. The highest BCUT2D eigenvalue weighted by molar-refractivity contribution is 5.99. The Morgan fingerprint density at radius 3 is 2.70 bits per heavy atom.